The van der Waals surface area contributed by atoms with Crippen molar-refractivity contribution in [2.75, 3.05) is 67.7 Å². The molecule has 2 saturated carbocycles. The zero-order valence-electron chi connectivity index (χ0n) is 41.3. The maximum Gasteiger partial charge on any atom is 0.293 e. The number of anilines is 4. The summed E-state index contributed by atoms with van der Waals surface area (Å²) in [6, 6.07) is 22.4. The topological polar surface area (TPSA) is 205 Å². The normalized spacial score (nSPS) is 25.6. The van der Waals surface area contributed by atoms with Crippen molar-refractivity contribution in [3.05, 3.63) is 106 Å². The Labute approximate surface area is 420 Å². The Bertz CT molecular complexity index is 2950. The highest BCUT2D eigenvalue weighted by atomic mass is 32.2. The number of aromatic amines is 1. The van der Waals surface area contributed by atoms with Gasteiger partial charge in [0.15, 0.2) is 0 Å². The van der Waals surface area contributed by atoms with Crippen molar-refractivity contribution in [3.63, 3.8) is 0 Å². The number of benzene rings is 3. The quantitative estimate of drug-likeness (QED) is 0.0683. The first-order chi connectivity index (χ1) is 34.6. The van der Waals surface area contributed by atoms with Crippen molar-refractivity contribution in [1.29, 1.82) is 0 Å². The van der Waals surface area contributed by atoms with E-state index in [0.717, 1.165) is 81.9 Å². The zero-order valence-corrected chi connectivity index (χ0v) is 42.2. The smallest absolute Gasteiger partial charge is 0.293 e. The van der Waals surface area contributed by atoms with Crippen molar-refractivity contribution in [1.82, 2.24) is 19.6 Å². The minimum absolute atomic E-state index is 0.115. The largest absolute Gasteiger partial charge is 0.468 e. The van der Waals surface area contributed by atoms with Crippen LogP contribution >= 0.6 is 0 Å². The van der Waals surface area contributed by atoms with Crippen LogP contribution in [0.4, 0.5) is 28.4 Å². The number of morpholine rings is 1. The second-order valence-electron chi connectivity index (χ2n) is 21.8. The number of aromatic nitrogens is 2. The van der Waals surface area contributed by atoms with Crippen LogP contribution in [0.15, 0.2) is 83.9 Å². The first kappa shape index (κ1) is 48.5. The molecule has 17 nitrogen and oxygen atoms in total. The molecule has 3 saturated heterocycles. The van der Waals surface area contributed by atoms with Crippen LogP contribution in [0, 0.1) is 21.4 Å². The number of nitro groups is 1. The molecule has 1 amide bonds. The van der Waals surface area contributed by atoms with E-state index in [-0.39, 0.29) is 34.7 Å². The van der Waals surface area contributed by atoms with E-state index in [4.69, 9.17) is 19.2 Å². The number of hydrogen-bond donors (Lipinski definition) is 4. The molecule has 0 radical (unpaired) electrons. The summed E-state index contributed by atoms with van der Waals surface area (Å²) in [6.07, 6.45) is 9.17. The van der Waals surface area contributed by atoms with E-state index in [1.807, 2.05) is 37.4 Å². The molecule has 2 aliphatic carbocycles. The van der Waals surface area contributed by atoms with Gasteiger partial charge in [-0.15, -0.1) is 0 Å². The number of fused-ring (bicyclic) bond motifs is 3. The van der Waals surface area contributed by atoms with Gasteiger partial charge in [-0.2, -0.15) is 4.98 Å². The molecule has 5 aromatic rings. The number of carbonyl (C=O) groups is 1. The number of rotatable bonds is 12. The van der Waals surface area contributed by atoms with Crippen LogP contribution in [0.5, 0.6) is 5.88 Å². The number of aliphatic hydroxyl groups is 1. The Balaban J connectivity index is 0.863. The van der Waals surface area contributed by atoms with Crippen molar-refractivity contribution in [2.45, 2.75) is 119 Å². The molecular formula is C54H66N8O9S. The first-order valence-corrected chi connectivity index (χ1v) is 27.3. The monoisotopic (exact) mass is 1000 g/mol. The molecule has 18 heteroatoms. The lowest BCUT2D eigenvalue weighted by molar-refractivity contribution is -0.384. The molecule has 2 aromatic heterocycles. The van der Waals surface area contributed by atoms with Crippen LogP contribution in [0.3, 0.4) is 0 Å². The molecule has 4 aliphatic heterocycles. The number of nitro benzene ring substituents is 1. The number of pyridine rings is 1. The molecule has 4 N–H and O–H groups in total. The van der Waals surface area contributed by atoms with Crippen LogP contribution in [0.25, 0.3) is 11.0 Å². The Morgan fingerprint density at radius 3 is 2.50 bits per heavy atom. The van der Waals surface area contributed by atoms with E-state index in [9.17, 15) is 28.4 Å². The van der Waals surface area contributed by atoms with Gasteiger partial charge < -0.3 is 39.4 Å². The fourth-order valence-corrected chi connectivity index (χ4v) is 13.5. The average molecular weight is 1000 g/mol. The van der Waals surface area contributed by atoms with Gasteiger partial charge >= 0.3 is 0 Å². The molecule has 5 fully saturated rings. The first-order valence-electron chi connectivity index (χ1n) is 25.8. The van der Waals surface area contributed by atoms with Crippen LogP contribution in [0.1, 0.15) is 112 Å². The van der Waals surface area contributed by atoms with Gasteiger partial charge in [0.05, 0.1) is 58.6 Å². The van der Waals surface area contributed by atoms with Gasteiger partial charge in [0.2, 0.25) is 5.88 Å². The lowest BCUT2D eigenvalue weighted by Crippen LogP contribution is -2.59. The zero-order chi connectivity index (χ0) is 49.9. The molecule has 0 unspecified atom stereocenters. The number of ether oxygens (including phenoxy) is 3. The molecule has 382 valence electrons. The van der Waals surface area contributed by atoms with Gasteiger partial charge in [0.25, 0.3) is 21.6 Å². The van der Waals surface area contributed by atoms with Crippen LogP contribution in [-0.2, 0) is 19.5 Å². The number of carbonyl (C=O) groups excluding carboxylic acids is 1. The van der Waals surface area contributed by atoms with Crippen LogP contribution < -0.4 is 24.6 Å². The molecule has 6 aliphatic rings. The standard InChI is InChI=1S/C54H66N8O9S/c1-34(2)40-6-4-5-7-41(40)48-30-70-25-23-60(48)37-14-20-54(21-15-37)32-59(33-54)38-8-10-42(45(27-38)61-44-17-24-69-31-49(44)71-52-47(61)26-36-16-22-55-50(36)57-52)51(63)58-72(67,68)39-9-11-43(46(28-39)62(65)66)56-29-35-12-18-53(3,64)19-13-35/h4-11,16,22,26-28,34-35,37,44,48-49,56,64H,12-15,17-21,23-25,29-33H2,1-3H3,(H,55,57)(H,58,63)/t35-,44-,48-,49-,53-/m0/s1. The SMILES string of the molecule is CC(C)c1ccccc1[C@@H]1COCCN1C1CCC2(CC1)CN(c1ccc(C(=O)NS(=O)(=O)c3ccc(NC[C@H]4CC[C@](C)(O)CC4)c([N+](=O)[O-])c3)c(N3c4cc5cc[nH]c5nc4O[C@H]4COCC[C@@H]43)c1)C2. The fourth-order valence-electron chi connectivity index (χ4n) is 12.5. The van der Waals surface area contributed by atoms with Gasteiger partial charge in [-0.05, 0) is 130 Å². The third-order valence-electron chi connectivity index (χ3n) is 16.6. The highest BCUT2D eigenvalue weighted by molar-refractivity contribution is 7.90. The van der Waals surface area contributed by atoms with Crippen molar-refractivity contribution in [3.8, 4) is 5.88 Å². The molecule has 72 heavy (non-hydrogen) atoms. The third-order valence-corrected chi connectivity index (χ3v) is 17.9. The molecule has 6 heterocycles. The summed E-state index contributed by atoms with van der Waals surface area (Å²) in [5.41, 5.74) is 4.79. The molecular weight excluding hydrogens is 937 g/mol. The van der Waals surface area contributed by atoms with Crippen molar-refractivity contribution in [2.24, 2.45) is 11.3 Å². The molecule has 11 rings (SSSR count). The minimum Gasteiger partial charge on any atom is -0.468 e. The Morgan fingerprint density at radius 2 is 1.72 bits per heavy atom. The van der Waals surface area contributed by atoms with Gasteiger partial charge in [-0.3, -0.25) is 19.8 Å². The number of nitrogens with one attached hydrogen (secondary N) is 3. The van der Waals surface area contributed by atoms with Gasteiger partial charge in [-0.25, -0.2) is 13.1 Å². The van der Waals surface area contributed by atoms with Gasteiger partial charge in [-0.1, -0.05) is 38.1 Å². The summed E-state index contributed by atoms with van der Waals surface area (Å²) in [6.45, 7) is 11.6. The number of amides is 1. The Kier molecular flexibility index (Phi) is 13.0. The number of sulfonamides is 1. The van der Waals surface area contributed by atoms with Gasteiger partial charge in [0.1, 0.15) is 23.1 Å². The van der Waals surface area contributed by atoms with E-state index < -0.39 is 43.1 Å². The molecule has 3 atom stereocenters. The summed E-state index contributed by atoms with van der Waals surface area (Å²) < 4.78 is 49.2. The summed E-state index contributed by atoms with van der Waals surface area (Å²) in [5.74, 6) is 0.115. The van der Waals surface area contributed by atoms with Crippen LogP contribution in [0.2, 0.25) is 0 Å². The summed E-state index contributed by atoms with van der Waals surface area (Å²) >= 11 is 0. The fraction of sp³-hybridized carbons (Fsp3) is 0.519. The third kappa shape index (κ3) is 9.40. The molecule has 0 bridgehead atoms. The average Bonchev–Trinajstić information content (AvgIpc) is 3.83. The summed E-state index contributed by atoms with van der Waals surface area (Å²) in [7, 11) is -4.62. The van der Waals surface area contributed by atoms with Crippen LogP contribution in [-0.4, -0.2) is 116 Å². The molecule has 1 spiro atoms. The van der Waals surface area contributed by atoms with E-state index in [0.29, 0.717) is 80.5 Å². The number of hydrogen-bond acceptors (Lipinski definition) is 14. The highest BCUT2D eigenvalue weighted by Crippen LogP contribution is 2.50. The molecule has 3 aromatic carbocycles. The lowest BCUT2D eigenvalue weighted by atomic mass is 9.67. The predicted octanol–water partition coefficient (Wildman–Crippen LogP) is 8.58. The maximum absolute atomic E-state index is 14.7. The summed E-state index contributed by atoms with van der Waals surface area (Å²) in [4.78, 5) is 41.2. The lowest BCUT2D eigenvalue weighted by Gasteiger charge is -2.56. The highest BCUT2D eigenvalue weighted by Gasteiger charge is 2.48. The van der Waals surface area contributed by atoms with E-state index >= 15 is 0 Å². The Hall–Kier alpha value is -5.79. The number of nitrogens with zero attached hydrogens (tertiary/aromatic N) is 5. The summed E-state index contributed by atoms with van der Waals surface area (Å²) in [5, 5.41) is 26.8. The number of H-pyrrole nitrogens is 1. The minimum atomic E-state index is -4.62. The maximum atomic E-state index is 14.7. The van der Waals surface area contributed by atoms with Crippen molar-refractivity contribution < 1.29 is 37.5 Å². The van der Waals surface area contributed by atoms with Crippen molar-refractivity contribution >= 4 is 55.4 Å². The van der Waals surface area contributed by atoms with Gasteiger partial charge in [0, 0.05) is 67.6 Å². The predicted molar refractivity (Wildman–Crippen MR) is 275 cm³/mol. The van der Waals surface area contributed by atoms with E-state index in [1.54, 1.807) is 6.07 Å². The second kappa shape index (κ2) is 19.2. The second-order valence-corrected chi connectivity index (χ2v) is 23.5. The van der Waals surface area contributed by atoms with E-state index in [1.165, 1.54) is 23.3 Å². The Morgan fingerprint density at radius 1 is 0.944 bits per heavy atom. The van der Waals surface area contributed by atoms with E-state index in [2.05, 4.69) is 67.8 Å².